The van der Waals surface area contributed by atoms with Crippen molar-refractivity contribution in [3.63, 3.8) is 0 Å². The minimum atomic E-state index is -0.824. The zero-order valence-corrected chi connectivity index (χ0v) is 28.7. The number of pyridine rings is 1. The molecule has 246 valence electrons. The number of ether oxygens (including phenoxy) is 2. The molecule has 9 nitrogen and oxygen atoms in total. The van der Waals surface area contributed by atoms with Crippen LogP contribution in [-0.2, 0) is 39.7 Å². The molecule has 0 aliphatic rings. The first-order valence-electron chi connectivity index (χ1n) is 15.3. The largest absolute Gasteiger partial charge is 0.487 e. The molecule has 0 aliphatic carbocycles. The van der Waals surface area contributed by atoms with Gasteiger partial charge in [-0.15, -0.1) is 10.1 Å². The molecule has 0 amide bonds. The van der Waals surface area contributed by atoms with Gasteiger partial charge in [0.15, 0.2) is 0 Å². The zero-order chi connectivity index (χ0) is 33.3. The summed E-state index contributed by atoms with van der Waals surface area (Å²) >= 11 is 8.07. The number of unbranched alkanes of at least 4 members (excludes halogenated alkanes) is 1. The topological polar surface area (TPSA) is 106 Å². The maximum Gasteiger partial charge on any atom is 0.306 e. The van der Waals surface area contributed by atoms with Crippen LogP contribution in [0.5, 0.6) is 5.75 Å². The first-order chi connectivity index (χ1) is 21.8. The van der Waals surface area contributed by atoms with Gasteiger partial charge >= 0.3 is 5.97 Å². The van der Waals surface area contributed by atoms with Crippen LogP contribution in [0.1, 0.15) is 76.4 Å². The molecular weight excluding hydrogens is 626 g/mol. The molecule has 4 rings (SSSR count). The second-order valence-electron chi connectivity index (χ2n) is 12.8. The lowest BCUT2D eigenvalue weighted by Crippen LogP contribution is -2.32. The van der Waals surface area contributed by atoms with E-state index in [-0.39, 0.29) is 23.7 Å². The Hall–Kier alpha value is -3.76. The van der Waals surface area contributed by atoms with Gasteiger partial charge in [-0.25, -0.2) is 0 Å². The first kappa shape index (κ1) is 35.1. The Labute approximate surface area is 279 Å². The molecule has 0 aliphatic heterocycles. The second-order valence-corrected chi connectivity index (χ2v) is 15.0. The van der Waals surface area contributed by atoms with Crippen LogP contribution >= 0.6 is 23.4 Å². The molecule has 4 aromatic rings. The van der Waals surface area contributed by atoms with Crippen molar-refractivity contribution >= 4 is 40.2 Å². The Morgan fingerprint density at radius 1 is 1.04 bits per heavy atom. The van der Waals surface area contributed by atoms with Crippen LogP contribution in [0.15, 0.2) is 66.9 Å². The molecule has 0 unspecified atom stereocenters. The fourth-order valence-electron chi connectivity index (χ4n) is 5.10. The second kappa shape index (κ2) is 15.7. The summed E-state index contributed by atoms with van der Waals surface area (Å²) in [6, 6.07) is 19.8. The number of carbonyl (C=O) groups is 1. The number of thioether (sulfide) groups is 1. The van der Waals surface area contributed by atoms with Crippen molar-refractivity contribution in [2.45, 2.75) is 89.6 Å². The van der Waals surface area contributed by atoms with Gasteiger partial charge in [-0.1, -0.05) is 50.6 Å². The van der Waals surface area contributed by atoms with Crippen molar-refractivity contribution in [2.75, 3.05) is 6.61 Å². The van der Waals surface area contributed by atoms with Crippen LogP contribution in [0.3, 0.4) is 0 Å². The minimum Gasteiger partial charge on any atom is -0.487 e. The number of fused-ring (bicyclic) bond motifs is 1. The fraction of sp³-hybridized carbons (Fsp3) is 0.429. The number of aromatic nitrogens is 2. The SMILES string of the molecule is CC(C)(Cc1c(CSC(C)(C)C)c2cc(OCc3ccccn3)ccc2n1Cc1ccc(Cl)cc1)OC(=O)CCCCO[N+](=O)[O-]. The molecule has 0 saturated heterocycles. The van der Waals surface area contributed by atoms with Gasteiger partial charge in [0, 0.05) is 57.7 Å². The summed E-state index contributed by atoms with van der Waals surface area (Å²) in [5, 5.41) is 11.3. The summed E-state index contributed by atoms with van der Waals surface area (Å²) in [6.45, 7) is 11.4. The molecular formula is C35H42ClN3O6S. The highest BCUT2D eigenvalue weighted by Crippen LogP contribution is 2.38. The highest BCUT2D eigenvalue weighted by molar-refractivity contribution is 7.99. The number of benzene rings is 2. The summed E-state index contributed by atoms with van der Waals surface area (Å²) in [5.41, 5.74) is 4.45. The lowest BCUT2D eigenvalue weighted by Gasteiger charge is -2.27. The van der Waals surface area contributed by atoms with Gasteiger partial charge in [-0.2, -0.15) is 11.8 Å². The number of halogens is 1. The first-order valence-corrected chi connectivity index (χ1v) is 16.7. The van der Waals surface area contributed by atoms with E-state index in [9.17, 15) is 14.9 Å². The van der Waals surface area contributed by atoms with Crippen molar-refractivity contribution in [3.05, 3.63) is 105 Å². The van der Waals surface area contributed by atoms with E-state index in [2.05, 4.69) is 47.3 Å². The molecule has 2 aromatic carbocycles. The predicted octanol–water partition coefficient (Wildman–Crippen LogP) is 8.59. The number of rotatable bonds is 16. The molecule has 0 bridgehead atoms. The molecule has 46 heavy (non-hydrogen) atoms. The van der Waals surface area contributed by atoms with E-state index < -0.39 is 10.7 Å². The van der Waals surface area contributed by atoms with E-state index in [1.165, 1.54) is 5.56 Å². The summed E-state index contributed by atoms with van der Waals surface area (Å²) in [7, 11) is 0. The number of nitrogens with zero attached hydrogens (tertiary/aromatic N) is 3. The van der Waals surface area contributed by atoms with Gasteiger partial charge in [0.25, 0.3) is 5.09 Å². The quantitative estimate of drug-likeness (QED) is 0.0506. The fourth-order valence-corrected chi connectivity index (χ4v) is 6.13. The van der Waals surface area contributed by atoms with Crippen molar-refractivity contribution < 1.29 is 24.2 Å². The van der Waals surface area contributed by atoms with Gasteiger partial charge in [-0.3, -0.25) is 9.78 Å². The average molecular weight is 668 g/mol. The predicted molar refractivity (Wildman–Crippen MR) is 183 cm³/mol. The van der Waals surface area contributed by atoms with Crippen LogP contribution < -0.4 is 4.74 Å². The van der Waals surface area contributed by atoms with Crippen LogP contribution in [0, 0.1) is 10.1 Å². The lowest BCUT2D eigenvalue weighted by atomic mass is 9.99. The third kappa shape index (κ3) is 10.7. The Balaban J connectivity index is 1.69. The van der Waals surface area contributed by atoms with Gasteiger partial charge in [-0.05, 0) is 80.3 Å². The number of hydrogen-bond donors (Lipinski definition) is 0. The maximum atomic E-state index is 12.9. The van der Waals surface area contributed by atoms with E-state index in [0.717, 1.165) is 39.4 Å². The Bertz CT molecular complexity index is 1620. The number of hydrogen-bond acceptors (Lipinski definition) is 8. The molecule has 0 N–H and O–H groups in total. The van der Waals surface area contributed by atoms with Crippen LogP contribution in [-0.4, -0.2) is 37.6 Å². The summed E-state index contributed by atoms with van der Waals surface area (Å²) < 4.78 is 14.5. The van der Waals surface area contributed by atoms with Crippen molar-refractivity contribution in [1.29, 1.82) is 0 Å². The maximum absolute atomic E-state index is 12.9. The molecule has 2 heterocycles. The standard InChI is InChI=1S/C35H42ClN3O6S/c1-34(2,3)46-24-30-29-20-28(43-23-27-10-6-8-18-37-27)16-17-31(29)38(22-25-12-14-26(36)15-13-25)32(30)21-35(4,5)45-33(40)11-7-9-19-44-39(41)42/h6,8,10,12-18,20H,7,9,11,19,21-24H2,1-5H3. The normalized spacial score (nSPS) is 11.9. The molecule has 11 heteroatoms. The average Bonchev–Trinajstić information content (AvgIpc) is 3.26. The van der Waals surface area contributed by atoms with Crippen LogP contribution in [0.4, 0.5) is 0 Å². The third-order valence-corrected chi connectivity index (χ3v) is 8.78. The summed E-state index contributed by atoms with van der Waals surface area (Å²) in [6.07, 6.45) is 3.23. The minimum absolute atomic E-state index is 0.0237. The zero-order valence-electron chi connectivity index (χ0n) is 27.1. The van der Waals surface area contributed by atoms with E-state index >= 15 is 0 Å². The van der Waals surface area contributed by atoms with E-state index in [1.54, 1.807) is 6.20 Å². The van der Waals surface area contributed by atoms with Gasteiger partial charge in [0.2, 0.25) is 0 Å². The van der Waals surface area contributed by atoms with Crippen LogP contribution in [0.25, 0.3) is 10.9 Å². The van der Waals surface area contributed by atoms with E-state index in [4.69, 9.17) is 21.1 Å². The van der Waals surface area contributed by atoms with E-state index in [0.29, 0.717) is 37.4 Å². The molecule has 0 fully saturated rings. The molecule has 0 spiro atoms. The Morgan fingerprint density at radius 2 is 1.80 bits per heavy atom. The number of carbonyl (C=O) groups excluding carboxylic acids is 1. The van der Waals surface area contributed by atoms with Crippen molar-refractivity contribution in [3.8, 4) is 5.75 Å². The molecule has 0 atom stereocenters. The van der Waals surface area contributed by atoms with E-state index in [1.807, 2.05) is 74.1 Å². The van der Waals surface area contributed by atoms with Gasteiger partial charge < -0.3 is 18.9 Å². The monoisotopic (exact) mass is 667 g/mol. The summed E-state index contributed by atoms with van der Waals surface area (Å²) in [5.74, 6) is 1.16. The molecule has 2 aromatic heterocycles. The van der Waals surface area contributed by atoms with Crippen LogP contribution in [0.2, 0.25) is 5.02 Å². The van der Waals surface area contributed by atoms with Gasteiger partial charge in [0.05, 0.1) is 12.3 Å². The van der Waals surface area contributed by atoms with Crippen molar-refractivity contribution in [1.82, 2.24) is 9.55 Å². The highest BCUT2D eigenvalue weighted by atomic mass is 35.5. The Morgan fingerprint density at radius 3 is 2.48 bits per heavy atom. The Kier molecular flexibility index (Phi) is 12.0. The van der Waals surface area contributed by atoms with Gasteiger partial charge in [0.1, 0.15) is 18.0 Å². The highest BCUT2D eigenvalue weighted by Gasteiger charge is 2.29. The summed E-state index contributed by atoms with van der Waals surface area (Å²) in [4.78, 5) is 32.0. The third-order valence-electron chi connectivity index (χ3n) is 7.23. The number of esters is 1. The lowest BCUT2D eigenvalue weighted by molar-refractivity contribution is -0.757. The molecule has 0 radical (unpaired) electrons. The smallest absolute Gasteiger partial charge is 0.306 e. The van der Waals surface area contributed by atoms with Crippen molar-refractivity contribution in [2.24, 2.45) is 0 Å². The molecule has 0 saturated carbocycles.